The molecule has 0 aliphatic heterocycles. The molecular weight excluding hydrogens is 288 g/mol. The maximum atomic E-state index is 11.7. The quantitative estimate of drug-likeness (QED) is 0.257. The summed E-state index contributed by atoms with van der Waals surface area (Å²) in [5.74, 6) is 1.04. The zero-order chi connectivity index (χ0) is 16.3. The molecule has 0 rings (SSSR count). The van der Waals surface area contributed by atoms with Gasteiger partial charge in [0, 0.05) is 12.2 Å². The topological polar surface area (TPSA) is 17.1 Å². The summed E-state index contributed by atoms with van der Waals surface area (Å²) < 4.78 is 0. The molecule has 1 nitrogen and oxygen atoms in total. The number of hydrogen-bond donors (Lipinski definition) is 0. The van der Waals surface area contributed by atoms with Gasteiger partial charge < -0.3 is 0 Å². The van der Waals surface area contributed by atoms with Crippen molar-refractivity contribution in [3.8, 4) is 0 Å². The van der Waals surface area contributed by atoms with Crippen molar-refractivity contribution in [2.24, 2.45) is 0 Å². The molecule has 0 atom stereocenters. The molecule has 0 amide bonds. The van der Waals surface area contributed by atoms with Gasteiger partial charge in [-0.1, -0.05) is 109 Å². The summed E-state index contributed by atoms with van der Waals surface area (Å²) in [6.07, 6.45) is 20.8. The molecule has 0 aromatic heterocycles. The van der Waals surface area contributed by atoms with E-state index in [1.807, 2.05) is 0 Å². The highest BCUT2D eigenvalue weighted by atomic mass is 32.2. The lowest BCUT2D eigenvalue weighted by Crippen LogP contribution is -1.94. The second-order valence-electron chi connectivity index (χ2n) is 6.57. The molecular formula is C20H40OS. The minimum Gasteiger partial charge on any atom is -0.287 e. The Labute approximate surface area is 144 Å². The lowest BCUT2D eigenvalue weighted by atomic mass is 10.1. The molecule has 0 bridgehead atoms. The number of rotatable bonds is 17. The van der Waals surface area contributed by atoms with Crippen LogP contribution < -0.4 is 0 Å². The van der Waals surface area contributed by atoms with Gasteiger partial charge in [-0.05, 0) is 12.8 Å². The molecule has 0 aromatic carbocycles. The average Bonchev–Trinajstić information content (AvgIpc) is 2.52. The molecule has 132 valence electrons. The molecule has 0 aromatic rings. The van der Waals surface area contributed by atoms with Crippen molar-refractivity contribution in [3.63, 3.8) is 0 Å². The molecule has 0 unspecified atom stereocenters. The van der Waals surface area contributed by atoms with Crippen molar-refractivity contribution >= 4 is 16.9 Å². The number of carbonyl (C=O) groups excluding carboxylic acids is 1. The van der Waals surface area contributed by atoms with E-state index in [4.69, 9.17) is 0 Å². The summed E-state index contributed by atoms with van der Waals surface area (Å²) in [5, 5.41) is 0.424. The monoisotopic (exact) mass is 328 g/mol. The van der Waals surface area contributed by atoms with Crippen LogP contribution in [0, 0.1) is 0 Å². The number of carbonyl (C=O) groups is 1. The van der Waals surface area contributed by atoms with Crippen LogP contribution in [0.4, 0.5) is 0 Å². The van der Waals surface area contributed by atoms with Gasteiger partial charge >= 0.3 is 0 Å². The Hall–Kier alpha value is 0.0200. The van der Waals surface area contributed by atoms with Crippen LogP contribution in [0.3, 0.4) is 0 Å². The Morgan fingerprint density at radius 1 is 0.591 bits per heavy atom. The molecule has 0 heterocycles. The molecule has 0 fully saturated rings. The van der Waals surface area contributed by atoms with E-state index in [-0.39, 0.29) is 0 Å². The fraction of sp³-hybridized carbons (Fsp3) is 0.950. The summed E-state index contributed by atoms with van der Waals surface area (Å²) in [7, 11) is 0. The first kappa shape index (κ1) is 22.0. The maximum absolute atomic E-state index is 11.7. The van der Waals surface area contributed by atoms with Crippen molar-refractivity contribution < 1.29 is 4.79 Å². The van der Waals surface area contributed by atoms with Gasteiger partial charge in [-0.15, -0.1) is 0 Å². The smallest absolute Gasteiger partial charge is 0.188 e. The summed E-state index contributed by atoms with van der Waals surface area (Å²) in [6.45, 7) is 4.50. The Morgan fingerprint density at radius 2 is 1.00 bits per heavy atom. The van der Waals surface area contributed by atoms with Crippen molar-refractivity contribution in [1.82, 2.24) is 0 Å². The van der Waals surface area contributed by atoms with E-state index in [0.29, 0.717) is 5.12 Å². The second-order valence-corrected chi connectivity index (χ2v) is 7.72. The Kier molecular flexibility index (Phi) is 19.1. The number of hydrogen-bond acceptors (Lipinski definition) is 2. The Bertz CT molecular complexity index is 228. The highest BCUT2D eigenvalue weighted by molar-refractivity contribution is 8.13. The Morgan fingerprint density at radius 3 is 1.50 bits per heavy atom. The van der Waals surface area contributed by atoms with E-state index in [9.17, 15) is 4.79 Å². The van der Waals surface area contributed by atoms with E-state index >= 15 is 0 Å². The fourth-order valence-electron chi connectivity index (χ4n) is 2.72. The average molecular weight is 329 g/mol. The van der Waals surface area contributed by atoms with Gasteiger partial charge in [0.25, 0.3) is 0 Å². The second kappa shape index (κ2) is 19.1. The van der Waals surface area contributed by atoms with Crippen LogP contribution in [-0.4, -0.2) is 10.9 Å². The molecule has 0 radical (unpaired) electrons. The third-order valence-electron chi connectivity index (χ3n) is 4.25. The number of unbranched alkanes of at least 4 members (excludes halogenated alkanes) is 13. The highest BCUT2D eigenvalue weighted by Crippen LogP contribution is 2.15. The predicted molar refractivity (Wildman–Crippen MR) is 103 cm³/mol. The van der Waals surface area contributed by atoms with E-state index in [0.717, 1.165) is 18.6 Å². The normalized spacial score (nSPS) is 11.0. The summed E-state index contributed by atoms with van der Waals surface area (Å²) >= 11 is 1.57. The molecule has 2 heteroatoms. The van der Waals surface area contributed by atoms with E-state index in [1.165, 1.54) is 89.9 Å². The third kappa shape index (κ3) is 18.1. The molecule has 0 saturated heterocycles. The first-order valence-electron chi connectivity index (χ1n) is 9.96. The first-order chi connectivity index (χ1) is 10.8. The molecule has 0 aliphatic carbocycles. The molecule has 0 spiro atoms. The lowest BCUT2D eigenvalue weighted by molar-refractivity contribution is -0.111. The van der Waals surface area contributed by atoms with E-state index in [1.54, 1.807) is 11.8 Å². The largest absolute Gasteiger partial charge is 0.287 e. The Balaban J connectivity index is 3.10. The molecule has 0 saturated carbocycles. The number of thioether (sulfide) groups is 1. The van der Waals surface area contributed by atoms with Gasteiger partial charge in [0.15, 0.2) is 5.12 Å². The van der Waals surface area contributed by atoms with E-state index in [2.05, 4.69) is 13.8 Å². The minimum atomic E-state index is 0.424. The SMILES string of the molecule is CCCCCCCCCCCCCC(=O)SCCCCCC. The standard InChI is InChI=1S/C20H40OS/c1-3-5-7-9-10-11-12-13-14-15-16-18-20(21)22-19-17-8-6-4-2/h3-19H2,1-2H3. The van der Waals surface area contributed by atoms with Gasteiger partial charge in [0.05, 0.1) is 0 Å². The van der Waals surface area contributed by atoms with Crippen LogP contribution in [0.15, 0.2) is 0 Å². The van der Waals surface area contributed by atoms with Crippen LogP contribution in [0.5, 0.6) is 0 Å². The predicted octanol–water partition coefficient (Wildman–Crippen LogP) is 7.53. The summed E-state index contributed by atoms with van der Waals surface area (Å²) in [6, 6.07) is 0. The first-order valence-corrected chi connectivity index (χ1v) is 11.0. The van der Waals surface area contributed by atoms with Crippen LogP contribution >= 0.6 is 11.8 Å². The van der Waals surface area contributed by atoms with Crippen molar-refractivity contribution in [3.05, 3.63) is 0 Å². The van der Waals surface area contributed by atoms with Gasteiger partial charge in [-0.25, -0.2) is 0 Å². The minimum absolute atomic E-state index is 0.424. The van der Waals surface area contributed by atoms with Crippen molar-refractivity contribution in [2.45, 2.75) is 117 Å². The zero-order valence-electron chi connectivity index (χ0n) is 15.3. The van der Waals surface area contributed by atoms with Crippen molar-refractivity contribution in [1.29, 1.82) is 0 Å². The van der Waals surface area contributed by atoms with Crippen LogP contribution in [0.2, 0.25) is 0 Å². The van der Waals surface area contributed by atoms with Crippen LogP contribution in [0.25, 0.3) is 0 Å². The molecule has 22 heavy (non-hydrogen) atoms. The van der Waals surface area contributed by atoms with Crippen LogP contribution in [0.1, 0.15) is 117 Å². The maximum Gasteiger partial charge on any atom is 0.188 e. The fourth-order valence-corrected chi connectivity index (χ4v) is 3.59. The molecule has 0 N–H and O–H groups in total. The van der Waals surface area contributed by atoms with Gasteiger partial charge in [0.2, 0.25) is 0 Å². The third-order valence-corrected chi connectivity index (χ3v) is 5.26. The zero-order valence-corrected chi connectivity index (χ0v) is 16.2. The van der Waals surface area contributed by atoms with Gasteiger partial charge in [-0.3, -0.25) is 4.79 Å². The molecule has 0 aliphatic rings. The van der Waals surface area contributed by atoms with Gasteiger partial charge in [0.1, 0.15) is 0 Å². The highest BCUT2D eigenvalue weighted by Gasteiger charge is 2.02. The van der Waals surface area contributed by atoms with Crippen LogP contribution in [-0.2, 0) is 4.79 Å². The summed E-state index contributed by atoms with van der Waals surface area (Å²) in [5.41, 5.74) is 0. The van der Waals surface area contributed by atoms with Gasteiger partial charge in [-0.2, -0.15) is 0 Å². The summed E-state index contributed by atoms with van der Waals surface area (Å²) in [4.78, 5) is 11.7. The lowest BCUT2D eigenvalue weighted by Gasteiger charge is -2.03. The van der Waals surface area contributed by atoms with E-state index < -0.39 is 0 Å². The van der Waals surface area contributed by atoms with Crippen molar-refractivity contribution in [2.75, 3.05) is 5.75 Å².